The van der Waals surface area contributed by atoms with E-state index in [0.29, 0.717) is 13.0 Å². The second-order valence-corrected chi connectivity index (χ2v) is 5.97. The van der Waals surface area contributed by atoms with Crippen molar-refractivity contribution in [3.05, 3.63) is 30.6 Å². The van der Waals surface area contributed by atoms with Gasteiger partial charge >= 0.3 is 0 Å². The summed E-state index contributed by atoms with van der Waals surface area (Å²) >= 11 is 0. The molecule has 1 aliphatic rings. The standard InChI is InChI=1S/C17H25N5O/c23-17(19-7-3-10-21-12-8-18-9-13-21)6-11-22-14-20-15-4-1-2-5-16(15)22/h1-2,4-5,14,18H,3,6-13H2,(H,19,23). The number of aryl methyl sites for hydroxylation is 1. The van der Waals surface area contributed by atoms with Crippen molar-refractivity contribution in [3.63, 3.8) is 0 Å². The van der Waals surface area contributed by atoms with E-state index in [2.05, 4.69) is 20.5 Å². The summed E-state index contributed by atoms with van der Waals surface area (Å²) < 4.78 is 2.04. The normalized spacial score (nSPS) is 15.8. The van der Waals surface area contributed by atoms with E-state index in [0.717, 1.165) is 56.7 Å². The second kappa shape index (κ2) is 8.08. The topological polar surface area (TPSA) is 62.2 Å². The molecule has 0 saturated carbocycles. The van der Waals surface area contributed by atoms with E-state index >= 15 is 0 Å². The van der Waals surface area contributed by atoms with Crippen LogP contribution in [0, 0.1) is 0 Å². The summed E-state index contributed by atoms with van der Waals surface area (Å²) in [4.78, 5) is 18.7. The molecule has 1 fully saturated rings. The van der Waals surface area contributed by atoms with Crippen LogP contribution in [0.3, 0.4) is 0 Å². The fraction of sp³-hybridized carbons (Fsp3) is 0.529. The van der Waals surface area contributed by atoms with Gasteiger partial charge in [-0.05, 0) is 25.1 Å². The number of hydrogen-bond donors (Lipinski definition) is 2. The Labute approximate surface area is 136 Å². The molecule has 23 heavy (non-hydrogen) atoms. The van der Waals surface area contributed by atoms with Gasteiger partial charge in [0.05, 0.1) is 17.4 Å². The van der Waals surface area contributed by atoms with Crippen LogP contribution in [0.2, 0.25) is 0 Å². The maximum absolute atomic E-state index is 12.0. The van der Waals surface area contributed by atoms with Crippen molar-refractivity contribution in [2.24, 2.45) is 0 Å². The largest absolute Gasteiger partial charge is 0.356 e. The van der Waals surface area contributed by atoms with Crippen LogP contribution in [0.5, 0.6) is 0 Å². The van der Waals surface area contributed by atoms with Crippen LogP contribution in [-0.4, -0.2) is 59.6 Å². The van der Waals surface area contributed by atoms with Crippen molar-refractivity contribution in [1.29, 1.82) is 0 Å². The number of imidazole rings is 1. The van der Waals surface area contributed by atoms with Crippen molar-refractivity contribution in [3.8, 4) is 0 Å². The minimum Gasteiger partial charge on any atom is -0.356 e. The van der Waals surface area contributed by atoms with E-state index in [1.807, 2.05) is 35.2 Å². The number of benzene rings is 1. The van der Waals surface area contributed by atoms with Gasteiger partial charge in [-0.1, -0.05) is 12.1 Å². The van der Waals surface area contributed by atoms with Gasteiger partial charge in [0.1, 0.15) is 0 Å². The van der Waals surface area contributed by atoms with Crippen LogP contribution in [0.15, 0.2) is 30.6 Å². The molecule has 1 aromatic carbocycles. The molecule has 0 atom stereocenters. The van der Waals surface area contributed by atoms with Crippen molar-refractivity contribution in [2.45, 2.75) is 19.4 Å². The van der Waals surface area contributed by atoms with Crippen LogP contribution in [-0.2, 0) is 11.3 Å². The first-order chi connectivity index (χ1) is 11.3. The second-order valence-electron chi connectivity index (χ2n) is 5.97. The Kier molecular flexibility index (Phi) is 5.60. The summed E-state index contributed by atoms with van der Waals surface area (Å²) in [6, 6.07) is 8.00. The smallest absolute Gasteiger partial charge is 0.221 e. The quantitative estimate of drug-likeness (QED) is 0.743. The molecule has 2 N–H and O–H groups in total. The number of hydrogen-bond acceptors (Lipinski definition) is 4. The fourth-order valence-corrected chi connectivity index (χ4v) is 2.96. The SMILES string of the molecule is O=C(CCn1cnc2ccccc21)NCCCN1CCNCC1. The molecule has 124 valence electrons. The maximum Gasteiger partial charge on any atom is 0.221 e. The first-order valence-electron chi connectivity index (χ1n) is 8.42. The highest BCUT2D eigenvalue weighted by Gasteiger charge is 2.09. The molecule has 0 bridgehead atoms. The monoisotopic (exact) mass is 315 g/mol. The van der Waals surface area contributed by atoms with Crippen LogP contribution < -0.4 is 10.6 Å². The number of para-hydroxylation sites is 2. The molecular formula is C17H25N5O. The third-order valence-corrected chi connectivity index (χ3v) is 4.29. The molecule has 0 unspecified atom stereocenters. The Balaban J connectivity index is 1.35. The lowest BCUT2D eigenvalue weighted by atomic mass is 10.3. The Morgan fingerprint density at radius 2 is 2.04 bits per heavy atom. The molecule has 0 spiro atoms. The molecule has 1 aliphatic heterocycles. The van der Waals surface area contributed by atoms with Gasteiger partial charge in [-0.25, -0.2) is 4.98 Å². The van der Waals surface area contributed by atoms with E-state index in [-0.39, 0.29) is 5.91 Å². The molecule has 0 radical (unpaired) electrons. The zero-order chi connectivity index (χ0) is 15.9. The average molecular weight is 315 g/mol. The Bertz CT molecular complexity index is 633. The van der Waals surface area contributed by atoms with Crippen molar-refractivity contribution >= 4 is 16.9 Å². The lowest BCUT2D eigenvalue weighted by Gasteiger charge is -2.27. The Morgan fingerprint density at radius 1 is 1.22 bits per heavy atom. The molecular weight excluding hydrogens is 290 g/mol. The number of fused-ring (bicyclic) bond motifs is 1. The molecule has 0 aliphatic carbocycles. The summed E-state index contributed by atoms with van der Waals surface area (Å²) in [6.07, 6.45) is 3.32. The van der Waals surface area contributed by atoms with Crippen LogP contribution in [0.1, 0.15) is 12.8 Å². The third kappa shape index (κ3) is 4.53. The molecule has 3 rings (SSSR count). The predicted octanol–water partition coefficient (Wildman–Crippen LogP) is 0.838. The molecule has 1 aromatic heterocycles. The van der Waals surface area contributed by atoms with E-state index in [9.17, 15) is 4.79 Å². The third-order valence-electron chi connectivity index (χ3n) is 4.29. The van der Waals surface area contributed by atoms with Gasteiger partial charge in [0.25, 0.3) is 0 Å². The number of amides is 1. The van der Waals surface area contributed by atoms with E-state index in [4.69, 9.17) is 0 Å². The molecule has 6 heteroatoms. The number of nitrogens with one attached hydrogen (secondary N) is 2. The van der Waals surface area contributed by atoms with Gasteiger partial charge in [0.2, 0.25) is 5.91 Å². The van der Waals surface area contributed by atoms with Crippen molar-refractivity contribution in [2.75, 3.05) is 39.3 Å². The lowest BCUT2D eigenvalue weighted by molar-refractivity contribution is -0.121. The number of rotatable bonds is 7. The van der Waals surface area contributed by atoms with Gasteiger partial charge in [0, 0.05) is 45.7 Å². The van der Waals surface area contributed by atoms with Crippen molar-refractivity contribution < 1.29 is 4.79 Å². The van der Waals surface area contributed by atoms with Gasteiger partial charge in [-0.2, -0.15) is 0 Å². The van der Waals surface area contributed by atoms with Gasteiger partial charge < -0.3 is 20.1 Å². The number of carbonyl (C=O) groups excluding carboxylic acids is 1. The molecule has 2 heterocycles. The molecule has 1 amide bonds. The van der Waals surface area contributed by atoms with Crippen LogP contribution in [0.4, 0.5) is 0 Å². The summed E-state index contributed by atoms with van der Waals surface area (Å²) in [5.74, 6) is 0.114. The molecule has 2 aromatic rings. The van der Waals surface area contributed by atoms with E-state index < -0.39 is 0 Å². The highest BCUT2D eigenvalue weighted by molar-refractivity contribution is 5.77. The number of aromatic nitrogens is 2. The summed E-state index contributed by atoms with van der Waals surface area (Å²) in [6.45, 7) is 6.87. The van der Waals surface area contributed by atoms with Gasteiger partial charge in [0.15, 0.2) is 0 Å². The first-order valence-corrected chi connectivity index (χ1v) is 8.42. The average Bonchev–Trinajstić information content (AvgIpc) is 3.01. The Hall–Kier alpha value is -1.92. The summed E-state index contributed by atoms with van der Waals surface area (Å²) in [7, 11) is 0. The summed E-state index contributed by atoms with van der Waals surface area (Å²) in [5, 5.41) is 6.36. The lowest BCUT2D eigenvalue weighted by Crippen LogP contribution is -2.44. The summed E-state index contributed by atoms with van der Waals surface area (Å²) in [5.41, 5.74) is 2.06. The zero-order valence-corrected chi connectivity index (χ0v) is 13.5. The van der Waals surface area contributed by atoms with Gasteiger partial charge in [-0.3, -0.25) is 4.79 Å². The Morgan fingerprint density at radius 3 is 2.91 bits per heavy atom. The van der Waals surface area contributed by atoms with E-state index in [1.165, 1.54) is 0 Å². The fourth-order valence-electron chi connectivity index (χ4n) is 2.96. The number of nitrogens with zero attached hydrogens (tertiary/aromatic N) is 3. The number of piperazine rings is 1. The van der Waals surface area contributed by atoms with Crippen molar-refractivity contribution in [1.82, 2.24) is 25.1 Å². The predicted molar refractivity (Wildman–Crippen MR) is 91.3 cm³/mol. The first kappa shape index (κ1) is 16.0. The highest BCUT2D eigenvalue weighted by Crippen LogP contribution is 2.11. The minimum atomic E-state index is 0.114. The zero-order valence-electron chi connectivity index (χ0n) is 13.5. The maximum atomic E-state index is 12.0. The van der Waals surface area contributed by atoms with Crippen LogP contribution >= 0.6 is 0 Å². The highest BCUT2D eigenvalue weighted by atomic mass is 16.1. The number of carbonyl (C=O) groups is 1. The van der Waals surface area contributed by atoms with Crippen LogP contribution in [0.25, 0.3) is 11.0 Å². The molecule has 6 nitrogen and oxygen atoms in total. The van der Waals surface area contributed by atoms with Gasteiger partial charge in [-0.15, -0.1) is 0 Å². The molecule has 1 saturated heterocycles. The minimum absolute atomic E-state index is 0.114. The van der Waals surface area contributed by atoms with E-state index in [1.54, 1.807) is 0 Å².